The molecule has 1 aliphatic carbocycles. The highest BCUT2D eigenvalue weighted by molar-refractivity contribution is 5.79. The summed E-state index contributed by atoms with van der Waals surface area (Å²) >= 11 is 0. The van der Waals surface area contributed by atoms with Crippen LogP contribution in [0.25, 0.3) is 11.1 Å². The smallest absolute Gasteiger partial charge is 0.407 e. The molecule has 0 bridgehead atoms. The number of hydrogen-bond acceptors (Lipinski definition) is 4. The number of benzene rings is 2. The van der Waals surface area contributed by atoms with Crippen molar-refractivity contribution in [3.63, 3.8) is 0 Å². The molecule has 0 unspecified atom stereocenters. The molecule has 162 valence electrons. The summed E-state index contributed by atoms with van der Waals surface area (Å²) in [4.78, 5) is 12.1. The van der Waals surface area contributed by atoms with Gasteiger partial charge in [0.25, 0.3) is 0 Å². The summed E-state index contributed by atoms with van der Waals surface area (Å²) in [6, 6.07) is 16.5. The third-order valence-electron chi connectivity index (χ3n) is 5.84. The Hall–Kier alpha value is -2.37. The number of aliphatic hydroxyl groups excluding tert-OH is 2. The second-order valence-corrected chi connectivity index (χ2v) is 8.03. The Morgan fingerprint density at radius 1 is 0.933 bits per heavy atom. The maximum Gasteiger partial charge on any atom is 0.407 e. The number of carbonyl (C=O) groups excluding carboxylic acids is 1. The molecule has 5 nitrogen and oxygen atoms in total. The first-order valence-electron chi connectivity index (χ1n) is 11.1. The van der Waals surface area contributed by atoms with Crippen LogP contribution in [0.1, 0.15) is 62.5 Å². The van der Waals surface area contributed by atoms with E-state index in [0.717, 1.165) is 19.3 Å². The topological polar surface area (TPSA) is 78.8 Å². The Morgan fingerprint density at radius 3 is 2.10 bits per heavy atom. The predicted octanol–water partition coefficient (Wildman–Crippen LogP) is 4.61. The van der Waals surface area contributed by atoms with Gasteiger partial charge in [0.05, 0.1) is 12.2 Å². The number of rotatable bonds is 11. The number of hydrogen-bond donors (Lipinski definition) is 3. The molecule has 0 radical (unpaired) electrons. The number of nitrogens with one attached hydrogen (secondary N) is 1. The number of amides is 1. The first-order valence-corrected chi connectivity index (χ1v) is 11.1. The van der Waals surface area contributed by atoms with E-state index in [1.165, 1.54) is 22.3 Å². The molecule has 2 atom stereocenters. The van der Waals surface area contributed by atoms with Crippen molar-refractivity contribution in [1.29, 1.82) is 0 Å². The van der Waals surface area contributed by atoms with E-state index in [1.807, 2.05) is 24.3 Å². The lowest BCUT2D eigenvalue weighted by Crippen LogP contribution is -2.30. The summed E-state index contributed by atoms with van der Waals surface area (Å²) in [5.74, 6) is 0.0447. The van der Waals surface area contributed by atoms with Crippen LogP contribution in [-0.2, 0) is 4.74 Å². The van der Waals surface area contributed by atoms with Gasteiger partial charge in [-0.1, -0.05) is 74.7 Å². The minimum atomic E-state index is -0.744. The van der Waals surface area contributed by atoms with Crippen LogP contribution >= 0.6 is 0 Å². The highest BCUT2D eigenvalue weighted by Gasteiger charge is 2.28. The van der Waals surface area contributed by atoms with Gasteiger partial charge < -0.3 is 20.3 Å². The zero-order valence-corrected chi connectivity index (χ0v) is 17.7. The van der Waals surface area contributed by atoms with Gasteiger partial charge in [0, 0.05) is 12.5 Å². The quantitative estimate of drug-likeness (QED) is 0.472. The fourth-order valence-electron chi connectivity index (χ4n) is 4.14. The van der Waals surface area contributed by atoms with Crippen LogP contribution < -0.4 is 5.32 Å². The number of unbranched alkanes of at least 4 members (excludes halogenated alkanes) is 2. The van der Waals surface area contributed by atoms with Crippen LogP contribution in [0.2, 0.25) is 0 Å². The van der Waals surface area contributed by atoms with E-state index in [9.17, 15) is 15.0 Å². The zero-order chi connectivity index (χ0) is 21.3. The minimum absolute atomic E-state index is 0.0447. The molecular formula is C25H33NO4. The molecular weight excluding hydrogens is 378 g/mol. The van der Waals surface area contributed by atoms with Crippen LogP contribution in [0.5, 0.6) is 0 Å². The second kappa shape index (κ2) is 11.1. The molecule has 0 saturated carbocycles. The Labute approximate surface area is 179 Å². The van der Waals surface area contributed by atoms with Crippen molar-refractivity contribution in [2.75, 3.05) is 13.2 Å². The number of aliphatic hydroxyl groups is 2. The molecule has 0 saturated heterocycles. The van der Waals surface area contributed by atoms with Gasteiger partial charge in [0.1, 0.15) is 6.61 Å². The van der Waals surface area contributed by atoms with E-state index in [4.69, 9.17) is 4.74 Å². The summed E-state index contributed by atoms with van der Waals surface area (Å²) in [7, 11) is 0. The largest absolute Gasteiger partial charge is 0.449 e. The SMILES string of the molecule is CCCCC[C@@H](O)[C@@H](O)CCCNC(=O)OCC1c2ccccc2-c2ccccc21. The average molecular weight is 412 g/mol. The van der Waals surface area contributed by atoms with E-state index in [2.05, 4.69) is 36.5 Å². The van der Waals surface area contributed by atoms with Crippen molar-refractivity contribution < 1.29 is 19.7 Å². The molecule has 2 aromatic rings. The third-order valence-corrected chi connectivity index (χ3v) is 5.84. The Balaban J connectivity index is 1.40. The Bertz CT molecular complexity index is 777. The van der Waals surface area contributed by atoms with Crippen molar-refractivity contribution in [2.45, 2.75) is 63.6 Å². The van der Waals surface area contributed by atoms with Crippen LogP contribution in [-0.4, -0.2) is 41.7 Å². The summed E-state index contributed by atoms with van der Waals surface area (Å²) in [6.07, 6.45) is 2.86. The lowest BCUT2D eigenvalue weighted by molar-refractivity contribution is 0.00759. The summed E-state index contributed by atoms with van der Waals surface area (Å²) in [5.41, 5.74) is 4.78. The Kier molecular flexibility index (Phi) is 8.29. The van der Waals surface area contributed by atoms with E-state index in [1.54, 1.807) is 0 Å². The molecule has 30 heavy (non-hydrogen) atoms. The fraction of sp³-hybridized carbons (Fsp3) is 0.480. The van der Waals surface area contributed by atoms with Crippen LogP contribution in [0.3, 0.4) is 0 Å². The lowest BCUT2D eigenvalue weighted by atomic mass is 9.98. The van der Waals surface area contributed by atoms with Crippen molar-refractivity contribution >= 4 is 6.09 Å². The number of ether oxygens (including phenoxy) is 1. The van der Waals surface area contributed by atoms with E-state index < -0.39 is 18.3 Å². The molecule has 1 amide bonds. The number of alkyl carbamates (subject to hydrolysis) is 1. The lowest BCUT2D eigenvalue weighted by Gasteiger charge is -2.18. The van der Waals surface area contributed by atoms with Gasteiger partial charge in [-0.05, 0) is 41.5 Å². The van der Waals surface area contributed by atoms with Gasteiger partial charge in [0.15, 0.2) is 0 Å². The molecule has 3 N–H and O–H groups in total. The zero-order valence-electron chi connectivity index (χ0n) is 17.7. The van der Waals surface area contributed by atoms with Crippen LogP contribution in [0.4, 0.5) is 4.79 Å². The molecule has 0 aromatic heterocycles. The first-order chi connectivity index (χ1) is 14.6. The van der Waals surface area contributed by atoms with E-state index in [-0.39, 0.29) is 5.92 Å². The van der Waals surface area contributed by atoms with Crippen LogP contribution in [0, 0.1) is 0 Å². The molecule has 2 aromatic carbocycles. The molecule has 3 rings (SSSR count). The number of carbonyl (C=O) groups is 1. The highest BCUT2D eigenvalue weighted by atomic mass is 16.5. The molecule has 5 heteroatoms. The number of fused-ring (bicyclic) bond motifs is 3. The first kappa shape index (κ1) is 22.3. The van der Waals surface area contributed by atoms with Crippen molar-refractivity contribution in [3.8, 4) is 11.1 Å². The standard InChI is InChI=1S/C25H33NO4/c1-2-3-4-14-23(27)24(28)15-9-16-26-25(29)30-17-22-20-12-7-5-10-18(20)19-11-6-8-13-21(19)22/h5-8,10-13,22-24,27-28H,2-4,9,14-17H2,1H3,(H,26,29)/t23-,24+/m1/s1. The Morgan fingerprint density at radius 2 is 1.50 bits per heavy atom. The van der Waals surface area contributed by atoms with Gasteiger partial charge in [-0.3, -0.25) is 0 Å². The van der Waals surface area contributed by atoms with Gasteiger partial charge in [0.2, 0.25) is 0 Å². The average Bonchev–Trinajstić information content (AvgIpc) is 3.09. The monoisotopic (exact) mass is 411 g/mol. The molecule has 0 fully saturated rings. The van der Waals surface area contributed by atoms with Crippen LogP contribution in [0.15, 0.2) is 48.5 Å². The van der Waals surface area contributed by atoms with Crippen molar-refractivity contribution in [2.24, 2.45) is 0 Å². The summed E-state index contributed by atoms with van der Waals surface area (Å²) < 4.78 is 5.50. The molecule has 0 aliphatic heterocycles. The van der Waals surface area contributed by atoms with Gasteiger partial charge in [-0.25, -0.2) is 4.79 Å². The third kappa shape index (κ3) is 5.61. The molecule has 0 spiro atoms. The summed E-state index contributed by atoms with van der Waals surface area (Å²) in [5, 5.41) is 22.7. The fourth-order valence-corrected chi connectivity index (χ4v) is 4.14. The van der Waals surface area contributed by atoms with E-state index >= 15 is 0 Å². The minimum Gasteiger partial charge on any atom is -0.449 e. The van der Waals surface area contributed by atoms with Gasteiger partial charge >= 0.3 is 6.09 Å². The summed E-state index contributed by atoms with van der Waals surface area (Å²) in [6.45, 7) is 2.81. The molecule has 1 aliphatic rings. The highest BCUT2D eigenvalue weighted by Crippen LogP contribution is 2.44. The maximum absolute atomic E-state index is 12.1. The van der Waals surface area contributed by atoms with Gasteiger partial charge in [-0.15, -0.1) is 0 Å². The van der Waals surface area contributed by atoms with Gasteiger partial charge in [-0.2, -0.15) is 0 Å². The van der Waals surface area contributed by atoms with E-state index in [0.29, 0.717) is 32.4 Å². The normalized spacial score (nSPS) is 14.6. The second-order valence-electron chi connectivity index (χ2n) is 8.03. The molecule has 0 heterocycles. The van der Waals surface area contributed by atoms with Crippen molar-refractivity contribution in [1.82, 2.24) is 5.32 Å². The predicted molar refractivity (Wildman–Crippen MR) is 118 cm³/mol. The van der Waals surface area contributed by atoms with Crippen molar-refractivity contribution in [3.05, 3.63) is 59.7 Å². The maximum atomic E-state index is 12.1.